The molecule has 14 rings (SSSR count). The molecule has 0 amide bonds. The highest BCUT2D eigenvalue weighted by Gasteiger charge is 2.28. The van der Waals surface area contributed by atoms with Crippen molar-refractivity contribution in [2.75, 3.05) is 0 Å². The smallest absolute Gasteiger partial charge is 0.169 e. The van der Waals surface area contributed by atoms with Gasteiger partial charge in [-0.2, -0.15) is 0 Å². The maximum Gasteiger partial charge on any atom is 0.169 e. The standard InChI is InChI=1S/C63H43N5/c1-3-15-40(16-4-1)43-22-13-24-47(35-43)62-64-61(42-18-5-2-6-19-42)65-63(66-62)48-30-32-50-46(36-48)23-14-28-56(50)68-58-38-45-21-8-7-20-44(45)37-55(58)53-34-31-49(39-59(53)68)67-57-27-12-11-26-52(57)54-33-29-41-17-9-10-25-51(41)60(54)67/h1-38,49,63H,39H2,(H,64,65,66). The van der Waals surface area contributed by atoms with Crippen LogP contribution in [0.1, 0.15) is 40.2 Å². The predicted molar refractivity (Wildman–Crippen MR) is 284 cm³/mol. The van der Waals surface area contributed by atoms with Gasteiger partial charge in [-0.05, 0) is 74.6 Å². The van der Waals surface area contributed by atoms with Crippen molar-refractivity contribution in [2.24, 2.45) is 9.98 Å². The van der Waals surface area contributed by atoms with E-state index in [1.54, 1.807) is 0 Å². The number of para-hydroxylation sites is 1. The topological polar surface area (TPSA) is 46.6 Å². The second kappa shape index (κ2) is 15.4. The van der Waals surface area contributed by atoms with Crippen LogP contribution < -0.4 is 5.32 Å². The molecule has 0 bridgehead atoms. The van der Waals surface area contributed by atoms with E-state index in [1.807, 2.05) is 6.07 Å². The highest BCUT2D eigenvalue weighted by molar-refractivity contribution is 6.18. The summed E-state index contributed by atoms with van der Waals surface area (Å²) in [4.78, 5) is 10.6. The van der Waals surface area contributed by atoms with Gasteiger partial charge in [-0.1, -0.05) is 194 Å². The van der Waals surface area contributed by atoms with E-state index < -0.39 is 6.17 Å². The second-order valence-electron chi connectivity index (χ2n) is 18.1. The summed E-state index contributed by atoms with van der Waals surface area (Å²) in [5.41, 5.74) is 12.9. The minimum Gasteiger partial charge on any atom is -0.333 e. The van der Waals surface area contributed by atoms with E-state index in [9.17, 15) is 0 Å². The third kappa shape index (κ3) is 6.16. The van der Waals surface area contributed by atoms with Gasteiger partial charge in [0.15, 0.2) is 6.17 Å². The molecule has 5 nitrogen and oxygen atoms in total. The first-order valence-corrected chi connectivity index (χ1v) is 23.5. The number of hydrogen-bond acceptors (Lipinski definition) is 3. The number of hydrogen-bond donors (Lipinski definition) is 1. The van der Waals surface area contributed by atoms with E-state index in [2.05, 4.69) is 239 Å². The summed E-state index contributed by atoms with van der Waals surface area (Å²) in [6, 6.07) is 79.0. The van der Waals surface area contributed by atoms with Crippen LogP contribution in [0, 0.1) is 0 Å². The Balaban J connectivity index is 0.927. The summed E-state index contributed by atoms with van der Waals surface area (Å²) >= 11 is 0. The molecule has 0 radical (unpaired) electrons. The quantitative estimate of drug-likeness (QED) is 0.178. The van der Waals surface area contributed by atoms with Crippen molar-refractivity contribution in [3.8, 4) is 16.8 Å². The van der Waals surface area contributed by atoms with Crippen LogP contribution in [-0.2, 0) is 6.42 Å². The molecule has 1 N–H and O–H groups in total. The number of amidine groups is 2. The van der Waals surface area contributed by atoms with Crippen LogP contribution >= 0.6 is 0 Å². The molecule has 2 atom stereocenters. The van der Waals surface area contributed by atoms with Crippen molar-refractivity contribution < 1.29 is 0 Å². The molecule has 1 aliphatic heterocycles. The van der Waals surface area contributed by atoms with Crippen molar-refractivity contribution in [1.29, 1.82) is 0 Å². The van der Waals surface area contributed by atoms with Gasteiger partial charge < -0.3 is 14.5 Å². The molecule has 5 heteroatoms. The fourth-order valence-electron chi connectivity index (χ4n) is 11.1. The number of rotatable bonds is 6. The summed E-state index contributed by atoms with van der Waals surface area (Å²) in [7, 11) is 0. The van der Waals surface area contributed by atoms with Crippen molar-refractivity contribution in [2.45, 2.75) is 18.6 Å². The summed E-state index contributed by atoms with van der Waals surface area (Å²) in [6.07, 6.45) is 5.23. The van der Waals surface area contributed by atoms with Crippen LogP contribution in [0.25, 0.3) is 87.9 Å². The molecule has 0 saturated carbocycles. The Kier molecular flexibility index (Phi) is 8.71. The number of nitrogens with one attached hydrogen (secondary N) is 1. The van der Waals surface area contributed by atoms with Crippen LogP contribution in [0.15, 0.2) is 234 Å². The number of fused-ring (bicyclic) bond motifs is 10. The van der Waals surface area contributed by atoms with Crippen molar-refractivity contribution in [1.82, 2.24) is 14.5 Å². The largest absolute Gasteiger partial charge is 0.333 e. The first-order valence-electron chi connectivity index (χ1n) is 23.5. The molecular weight excluding hydrogens is 827 g/mol. The van der Waals surface area contributed by atoms with Gasteiger partial charge in [0.1, 0.15) is 11.7 Å². The third-order valence-electron chi connectivity index (χ3n) is 14.2. The number of nitrogens with zero attached hydrogens (tertiary/aromatic N) is 4. The van der Waals surface area contributed by atoms with E-state index >= 15 is 0 Å². The maximum atomic E-state index is 5.34. The lowest BCUT2D eigenvalue weighted by Crippen LogP contribution is -2.36. The van der Waals surface area contributed by atoms with Crippen LogP contribution in [-0.4, -0.2) is 20.8 Å². The molecule has 3 heterocycles. The molecule has 0 fully saturated rings. The third-order valence-corrected chi connectivity index (χ3v) is 14.2. The van der Waals surface area contributed by atoms with E-state index in [4.69, 9.17) is 9.98 Å². The molecule has 68 heavy (non-hydrogen) atoms. The highest BCUT2D eigenvalue weighted by atomic mass is 15.2. The second-order valence-corrected chi connectivity index (χ2v) is 18.1. The van der Waals surface area contributed by atoms with Crippen molar-refractivity contribution >= 4 is 82.8 Å². The highest BCUT2D eigenvalue weighted by Crippen LogP contribution is 2.44. The number of aliphatic imine (C=N–C) groups is 2. The lowest BCUT2D eigenvalue weighted by Gasteiger charge is -2.25. The molecule has 0 spiro atoms. The molecule has 2 unspecified atom stereocenters. The zero-order chi connectivity index (χ0) is 44.7. The number of benzene rings is 10. The van der Waals surface area contributed by atoms with Gasteiger partial charge in [0, 0.05) is 61.3 Å². The Hall–Kier alpha value is -8.80. The van der Waals surface area contributed by atoms with Gasteiger partial charge in [-0.25, -0.2) is 9.98 Å². The van der Waals surface area contributed by atoms with Crippen molar-refractivity contribution in [3.63, 3.8) is 0 Å². The van der Waals surface area contributed by atoms with E-state index in [0.29, 0.717) is 0 Å². The van der Waals surface area contributed by atoms with Gasteiger partial charge in [0.25, 0.3) is 0 Å². The Morgan fingerprint density at radius 3 is 1.91 bits per heavy atom. The van der Waals surface area contributed by atoms with E-state index in [-0.39, 0.29) is 6.04 Å². The zero-order valence-electron chi connectivity index (χ0n) is 37.1. The average Bonchev–Trinajstić information content (AvgIpc) is 3.92. The summed E-state index contributed by atoms with van der Waals surface area (Å²) in [5, 5.41) is 14.8. The van der Waals surface area contributed by atoms with Gasteiger partial charge >= 0.3 is 0 Å². The van der Waals surface area contributed by atoms with Crippen molar-refractivity contribution in [3.05, 3.63) is 252 Å². The van der Waals surface area contributed by atoms with E-state index in [0.717, 1.165) is 51.4 Å². The Bertz CT molecular complexity index is 4100. The molecule has 2 aliphatic rings. The molecule has 320 valence electrons. The Labute approximate surface area is 393 Å². The monoisotopic (exact) mass is 869 g/mol. The van der Waals surface area contributed by atoms with E-state index in [1.165, 1.54) is 76.5 Å². The average molecular weight is 870 g/mol. The SMILES string of the molecule is C1=CC(n2c3ccccc3c3ccc4ccccc4c32)Cc2c1c1cc3ccccc3cc1n2-c1cccc2cc(C3N=C(c4ccccc4)NC(c4cccc(-c5ccccc5)c4)=N3)ccc12. The van der Waals surface area contributed by atoms with Crippen LogP contribution in [0.3, 0.4) is 0 Å². The maximum absolute atomic E-state index is 5.34. The summed E-state index contributed by atoms with van der Waals surface area (Å²) < 4.78 is 5.17. The molecule has 1 aliphatic carbocycles. The summed E-state index contributed by atoms with van der Waals surface area (Å²) in [5.74, 6) is 1.60. The molecule has 10 aromatic carbocycles. The molecule has 12 aromatic rings. The van der Waals surface area contributed by atoms with Crippen LogP contribution in [0.2, 0.25) is 0 Å². The number of allylic oxidation sites excluding steroid dienone is 1. The van der Waals surface area contributed by atoms with Crippen LogP contribution in [0.4, 0.5) is 0 Å². The Morgan fingerprint density at radius 1 is 0.426 bits per heavy atom. The number of aromatic nitrogens is 2. The predicted octanol–water partition coefficient (Wildman–Crippen LogP) is 15.2. The van der Waals surface area contributed by atoms with Gasteiger partial charge in [0.2, 0.25) is 0 Å². The lowest BCUT2D eigenvalue weighted by atomic mass is 9.96. The van der Waals surface area contributed by atoms with Crippen LogP contribution in [0.5, 0.6) is 0 Å². The lowest BCUT2D eigenvalue weighted by molar-refractivity contribution is 0.621. The normalized spacial score (nSPS) is 15.8. The fourth-order valence-corrected chi connectivity index (χ4v) is 11.1. The minimum absolute atomic E-state index is 0.0896. The fraction of sp³-hybridized carbons (Fsp3) is 0.0476. The first-order chi connectivity index (χ1) is 33.7. The minimum atomic E-state index is -0.449. The first kappa shape index (κ1) is 38.5. The Morgan fingerprint density at radius 2 is 1.07 bits per heavy atom. The molecule has 0 saturated heterocycles. The van der Waals surface area contributed by atoms with Gasteiger partial charge in [0.05, 0.1) is 22.8 Å². The molecular formula is C63H43N5. The molecule has 2 aromatic heterocycles. The summed E-state index contributed by atoms with van der Waals surface area (Å²) in [6.45, 7) is 0. The van der Waals surface area contributed by atoms with Gasteiger partial charge in [-0.15, -0.1) is 0 Å². The van der Waals surface area contributed by atoms with Gasteiger partial charge in [-0.3, -0.25) is 0 Å². The zero-order valence-corrected chi connectivity index (χ0v) is 37.1.